The number of carboxylic acid groups (broad SMARTS) is 1. The van der Waals surface area contributed by atoms with Crippen LogP contribution >= 0.6 is 0 Å². The minimum Gasteiger partial charge on any atom is -0.482 e. The third kappa shape index (κ3) is 5.10. The van der Waals surface area contributed by atoms with E-state index in [4.69, 9.17) is 9.84 Å². The Hall–Kier alpha value is -2.04. The van der Waals surface area contributed by atoms with Gasteiger partial charge in [-0.1, -0.05) is 31.7 Å². The van der Waals surface area contributed by atoms with Crippen molar-refractivity contribution in [2.24, 2.45) is 5.92 Å². The zero-order valence-corrected chi connectivity index (χ0v) is 12.0. The molecule has 0 radical (unpaired) electrons. The van der Waals surface area contributed by atoms with Crippen LogP contribution in [-0.2, 0) is 4.79 Å². The molecule has 5 heteroatoms. The molecule has 0 bridgehead atoms. The summed E-state index contributed by atoms with van der Waals surface area (Å²) in [5, 5.41) is 11.5. The molecule has 0 spiro atoms. The average Bonchev–Trinajstić information content (AvgIpc) is 2.98. The Bertz CT molecular complexity index is 495. The van der Waals surface area contributed by atoms with Gasteiger partial charge in [0.1, 0.15) is 5.75 Å². The second-order valence-electron chi connectivity index (χ2n) is 5.41. The molecule has 0 unspecified atom stereocenters. The zero-order chi connectivity index (χ0) is 15.1. The molecule has 0 saturated heterocycles. The van der Waals surface area contributed by atoms with Crippen molar-refractivity contribution in [3.8, 4) is 5.75 Å². The molecule has 0 atom stereocenters. The number of hydrogen-bond donors (Lipinski definition) is 2. The minimum absolute atomic E-state index is 0.145. The lowest BCUT2D eigenvalue weighted by atomic mass is 10.0. The minimum atomic E-state index is -1.04. The molecule has 1 aromatic rings. The van der Waals surface area contributed by atoms with Gasteiger partial charge in [-0.2, -0.15) is 0 Å². The summed E-state index contributed by atoms with van der Waals surface area (Å²) in [5.41, 5.74) is 0.490. The number of ether oxygens (including phenoxy) is 1. The smallest absolute Gasteiger partial charge is 0.341 e. The Morgan fingerprint density at radius 3 is 2.76 bits per heavy atom. The molecule has 114 valence electrons. The number of aliphatic carboxylic acids is 1. The van der Waals surface area contributed by atoms with Gasteiger partial charge in [0.2, 0.25) is 0 Å². The van der Waals surface area contributed by atoms with Crippen LogP contribution in [0.3, 0.4) is 0 Å². The number of carbonyl (C=O) groups is 2. The topological polar surface area (TPSA) is 75.6 Å². The van der Waals surface area contributed by atoms with E-state index >= 15 is 0 Å². The highest BCUT2D eigenvalue weighted by molar-refractivity contribution is 5.94. The molecular formula is C16H21NO4. The van der Waals surface area contributed by atoms with Crippen LogP contribution in [0.15, 0.2) is 24.3 Å². The first-order chi connectivity index (χ1) is 10.1. The highest BCUT2D eigenvalue weighted by atomic mass is 16.5. The summed E-state index contributed by atoms with van der Waals surface area (Å²) < 4.78 is 5.06. The summed E-state index contributed by atoms with van der Waals surface area (Å²) in [6.07, 6.45) is 6.19. The molecule has 2 rings (SSSR count). The third-order valence-electron chi connectivity index (χ3n) is 3.77. The summed E-state index contributed by atoms with van der Waals surface area (Å²) in [6.45, 7) is 0.274. The van der Waals surface area contributed by atoms with Gasteiger partial charge in [0.05, 0.1) is 0 Å². The lowest BCUT2D eigenvalue weighted by molar-refractivity contribution is -0.139. The first-order valence-corrected chi connectivity index (χ1v) is 7.38. The largest absolute Gasteiger partial charge is 0.482 e. The first-order valence-electron chi connectivity index (χ1n) is 7.38. The maximum atomic E-state index is 12.0. The van der Waals surface area contributed by atoms with Crippen LogP contribution in [0.2, 0.25) is 0 Å². The number of rotatable bonds is 7. The molecule has 1 aliphatic carbocycles. The monoisotopic (exact) mass is 291 g/mol. The van der Waals surface area contributed by atoms with Gasteiger partial charge in [-0.25, -0.2) is 4.79 Å². The maximum absolute atomic E-state index is 12.0. The van der Waals surface area contributed by atoms with Crippen molar-refractivity contribution in [1.82, 2.24) is 5.32 Å². The van der Waals surface area contributed by atoms with Crippen LogP contribution < -0.4 is 10.1 Å². The standard InChI is InChI=1S/C16H21NO4/c18-15(19)11-21-14-7-3-6-13(10-14)16(20)17-9-8-12-4-1-2-5-12/h3,6-7,10,12H,1-2,4-5,8-9,11H2,(H,17,20)(H,18,19). The number of carbonyl (C=O) groups excluding carboxylic acids is 1. The highest BCUT2D eigenvalue weighted by Gasteiger charge is 2.15. The molecule has 1 saturated carbocycles. The summed E-state index contributed by atoms with van der Waals surface area (Å²) in [4.78, 5) is 22.5. The van der Waals surface area contributed by atoms with Crippen molar-refractivity contribution < 1.29 is 19.4 Å². The summed E-state index contributed by atoms with van der Waals surface area (Å²) in [5.74, 6) is -0.0495. The quantitative estimate of drug-likeness (QED) is 0.809. The number of carboxylic acids is 1. The van der Waals surface area contributed by atoms with E-state index in [0.29, 0.717) is 17.9 Å². The second kappa shape index (κ2) is 7.67. The molecule has 5 nitrogen and oxygen atoms in total. The fourth-order valence-corrected chi connectivity index (χ4v) is 2.66. The van der Waals surface area contributed by atoms with Crippen LogP contribution in [0.5, 0.6) is 5.75 Å². The van der Waals surface area contributed by atoms with Crippen molar-refractivity contribution in [1.29, 1.82) is 0 Å². The van der Waals surface area contributed by atoms with Crippen molar-refractivity contribution in [3.63, 3.8) is 0 Å². The molecule has 1 fully saturated rings. The third-order valence-corrected chi connectivity index (χ3v) is 3.77. The number of nitrogens with one attached hydrogen (secondary N) is 1. The zero-order valence-electron chi connectivity index (χ0n) is 12.0. The number of benzene rings is 1. The second-order valence-corrected chi connectivity index (χ2v) is 5.41. The van der Waals surface area contributed by atoms with Crippen molar-refractivity contribution in [2.45, 2.75) is 32.1 Å². The van der Waals surface area contributed by atoms with Crippen molar-refractivity contribution in [2.75, 3.05) is 13.2 Å². The van der Waals surface area contributed by atoms with Gasteiger partial charge in [-0.15, -0.1) is 0 Å². The molecule has 0 aromatic heterocycles. The number of hydrogen-bond acceptors (Lipinski definition) is 3. The Labute approximate surface area is 124 Å². The molecule has 0 heterocycles. The molecule has 0 aliphatic heterocycles. The van der Waals surface area contributed by atoms with E-state index in [9.17, 15) is 9.59 Å². The van der Waals surface area contributed by atoms with Crippen LogP contribution in [0, 0.1) is 5.92 Å². The van der Waals surface area contributed by atoms with Crippen LogP contribution in [0.25, 0.3) is 0 Å². The Balaban J connectivity index is 1.80. The van der Waals surface area contributed by atoms with Gasteiger partial charge in [0.25, 0.3) is 5.91 Å². The van der Waals surface area contributed by atoms with Gasteiger partial charge >= 0.3 is 5.97 Å². The van der Waals surface area contributed by atoms with Crippen molar-refractivity contribution in [3.05, 3.63) is 29.8 Å². The van der Waals surface area contributed by atoms with E-state index in [1.165, 1.54) is 25.7 Å². The lowest BCUT2D eigenvalue weighted by Crippen LogP contribution is -2.25. The molecular weight excluding hydrogens is 270 g/mol. The van der Waals surface area contributed by atoms with E-state index in [-0.39, 0.29) is 5.91 Å². The fourth-order valence-electron chi connectivity index (χ4n) is 2.66. The predicted octanol–water partition coefficient (Wildman–Crippen LogP) is 2.46. The molecule has 2 N–H and O–H groups in total. The predicted molar refractivity (Wildman–Crippen MR) is 78.5 cm³/mol. The maximum Gasteiger partial charge on any atom is 0.341 e. The summed E-state index contributed by atoms with van der Waals surface area (Å²) >= 11 is 0. The Morgan fingerprint density at radius 2 is 2.05 bits per heavy atom. The van der Waals surface area contributed by atoms with Gasteiger partial charge in [-0.05, 0) is 30.5 Å². The molecule has 21 heavy (non-hydrogen) atoms. The van der Waals surface area contributed by atoms with Crippen LogP contribution in [-0.4, -0.2) is 30.1 Å². The van der Waals surface area contributed by atoms with Gasteiger partial charge < -0.3 is 15.2 Å². The van der Waals surface area contributed by atoms with Gasteiger partial charge in [0, 0.05) is 12.1 Å². The lowest BCUT2D eigenvalue weighted by Gasteiger charge is -2.10. The molecule has 1 aliphatic rings. The first kappa shape index (κ1) is 15.4. The summed E-state index contributed by atoms with van der Waals surface area (Å²) in [7, 11) is 0. The van der Waals surface area contributed by atoms with E-state index in [0.717, 1.165) is 12.3 Å². The van der Waals surface area contributed by atoms with E-state index in [1.807, 2.05) is 0 Å². The fraction of sp³-hybridized carbons (Fsp3) is 0.500. The molecule has 1 amide bonds. The summed E-state index contributed by atoms with van der Waals surface area (Å²) in [6, 6.07) is 6.58. The van der Waals surface area contributed by atoms with Crippen molar-refractivity contribution >= 4 is 11.9 Å². The van der Waals surface area contributed by atoms with E-state index in [2.05, 4.69) is 5.32 Å². The average molecular weight is 291 g/mol. The van der Waals surface area contributed by atoms with Crippen LogP contribution in [0.4, 0.5) is 0 Å². The van der Waals surface area contributed by atoms with Gasteiger partial charge in [0.15, 0.2) is 6.61 Å². The SMILES string of the molecule is O=C(O)COc1cccc(C(=O)NCCC2CCCC2)c1. The molecule has 1 aromatic carbocycles. The van der Waals surface area contributed by atoms with Crippen LogP contribution in [0.1, 0.15) is 42.5 Å². The van der Waals surface area contributed by atoms with E-state index < -0.39 is 12.6 Å². The Morgan fingerprint density at radius 1 is 1.29 bits per heavy atom. The van der Waals surface area contributed by atoms with E-state index in [1.54, 1.807) is 24.3 Å². The Kier molecular flexibility index (Phi) is 5.60. The number of amides is 1. The highest BCUT2D eigenvalue weighted by Crippen LogP contribution is 2.26. The van der Waals surface area contributed by atoms with Gasteiger partial charge in [-0.3, -0.25) is 4.79 Å². The normalized spacial score (nSPS) is 14.9.